The number of fused-ring (bicyclic) bond motifs is 9. The zero-order valence-corrected chi connectivity index (χ0v) is 43.3. The minimum atomic E-state index is -0.776. The van der Waals surface area contributed by atoms with Gasteiger partial charge in [-0.2, -0.15) is 24.4 Å². The Balaban J connectivity index is 0.000000157. The van der Waals surface area contributed by atoms with Crippen LogP contribution in [0.4, 0.5) is 0 Å². The van der Waals surface area contributed by atoms with Gasteiger partial charge in [-0.1, -0.05) is 165 Å². The third-order valence-corrected chi connectivity index (χ3v) is 14.3. The van der Waals surface area contributed by atoms with Crippen molar-refractivity contribution >= 4 is 42.3 Å². The van der Waals surface area contributed by atoms with E-state index >= 15 is 0 Å². The van der Waals surface area contributed by atoms with Gasteiger partial charge >= 0.3 is 17.9 Å². The monoisotopic (exact) mass is 984 g/mol. The number of esters is 3. The number of methoxy groups -OCH3 is 1. The molecule has 0 atom stereocenters. The van der Waals surface area contributed by atoms with E-state index < -0.39 is 16.8 Å². The lowest BCUT2D eigenvalue weighted by molar-refractivity contribution is -0.153. The summed E-state index contributed by atoms with van der Waals surface area (Å²) in [6.07, 6.45) is 6.90. The summed E-state index contributed by atoms with van der Waals surface area (Å²) >= 11 is 6.16. The number of benzene rings is 6. The first-order valence-corrected chi connectivity index (χ1v) is 26.2. The fraction of sp³-hybridized carbons (Fsp3) is 0.274. The van der Waals surface area contributed by atoms with Gasteiger partial charge in [-0.05, 0) is 110 Å². The van der Waals surface area contributed by atoms with Crippen LogP contribution in [0, 0.1) is 0 Å². The van der Waals surface area contributed by atoms with Crippen LogP contribution in [-0.4, -0.2) is 49.4 Å². The summed E-state index contributed by atoms with van der Waals surface area (Å²) in [6.45, 7) is 16.9. The summed E-state index contributed by atoms with van der Waals surface area (Å²) in [5.74, 6) is 0.744. The molecular formula is C62H64O7S2. The summed E-state index contributed by atoms with van der Waals surface area (Å²) in [6, 6.07) is 49.1. The number of thiol groups is 1. The van der Waals surface area contributed by atoms with E-state index in [0.717, 1.165) is 104 Å². The standard InChI is InChI=1S/C21H22O3.C21H22O2S.C20H20O2S/c1-15(2)20(22)24-21(13-8-14-23-3)18-11-6-4-9-16(18)17-10-5-7-12-19(17)21;1-15(2)20(22)23-21(13-8-14-24-3)18-11-6-4-9-16(18)17-10-5-7-12-19(17)21;1-14(2)19(21)22-20(12-7-13-23)17-10-5-3-8-15(17)16-9-4-6-11-18(16)20/h2*4-7,9-12H,1,8,13-14H2,2-3H3;3-6,8-11,23H,1,7,12-13H2,2H3. The molecule has 0 unspecified atom stereocenters. The molecule has 7 nitrogen and oxygen atoms in total. The highest BCUT2D eigenvalue weighted by Crippen LogP contribution is 2.55. The summed E-state index contributed by atoms with van der Waals surface area (Å²) in [5.41, 5.74) is 12.2. The molecule has 71 heavy (non-hydrogen) atoms. The summed E-state index contributed by atoms with van der Waals surface area (Å²) in [5, 5.41) is 0. The SMILES string of the molecule is C=C(C)C(=O)OC1(CCCOC)c2ccccc2-c2ccccc21.C=C(C)C(=O)OC1(CCCS)c2ccccc2-c2ccccc21.C=C(C)C(=O)OC1(CCCSC)c2ccccc2-c2ccccc21. The Morgan fingerprint density at radius 2 is 0.704 bits per heavy atom. The van der Waals surface area contributed by atoms with Gasteiger partial charge < -0.3 is 18.9 Å². The van der Waals surface area contributed by atoms with Crippen molar-refractivity contribution in [3.05, 3.63) is 215 Å². The Bertz CT molecular complexity index is 2680. The Hall–Kier alpha value is -6.39. The molecule has 0 aromatic heterocycles. The van der Waals surface area contributed by atoms with Crippen LogP contribution < -0.4 is 0 Å². The number of thioether (sulfide) groups is 1. The van der Waals surface area contributed by atoms with Crippen LogP contribution in [0.25, 0.3) is 33.4 Å². The lowest BCUT2D eigenvalue weighted by Gasteiger charge is -2.32. The average molecular weight is 985 g/mol. The first-order valence-electron chi connectivity index (χ1n) is 24.1. The molecule has 0 heterocycles. The highest BCUT2D eigenvalue weighted by Gasteiger charge is 2.48. The number of hydrogen-bond acceptors (Lipinski definition) is 9. The van der Waals surface area contributed by atoms with E-state index in [4.69, 9.17) is 18.9 Å². The Morgan fingerprint density at radius 1 is 0.451 bits per heavy atom. The smallest absolute Gasteiger partial charge is 0.334 e. The van der Waals surface area contributed by atoms with E-state index in [1.54, 1.807) is 27.9 Å². The highest BCUT2D eigenvalue weighted by atomic mass is 32.2. The minimum absolute atomic E-state index is 0.328. The molecule has 0 saturated carbocycles. The zero-order valence-electron chi connectivity index (χ0n) is 41.6. The van der Waals surface area contributed by atoms with Crippen molar-refractivity contribution in [3.63, 3.8) is 0 Å². The van der Waals surface area contributed by atoms with Crippen molar-refractivity contribution in [3.8, 4) is 33.4 Å². The van der Waals surface area contributed by atoms with Gasteiger partial charge in [-0.25, -0.2) is 14.4 Å². The van der Waals surface area contributed by atoms with Crippen molar-refractivity contribution in [2.24, 2.45) is 0 Å². The third-order valence-electron chi connectivity index (χ3n) is 13.3. The van der Waals surface area contributed by atoms with Crippen LogP contribution in [0.3, 0.4) is 0 Å². The molecule has 0 aliphatic heterocycles. The van der Waals surface area contributed by atoms with Crippen molar-refractivity contribution < 1.29 is 33.3 Å². The van der Waals surface area contributed by atoms with Gasteiger partial charge in [0.25, 0.3) is 0 Å². The lowest BCUT2D eigenvalue weighted by atomic mass is 9.86. The molecule has 9 rings (SSSR count). The van der Waals surface area contributed by atoms with Crippen LogP contribution in [0.15, 0.2) is 182 Å². The van der Waals surface area contributed by atoms with Gasteiger partial charge in [-0.15, -0.1) is 0 Å². The molecule has 0 bridgehead atoms. The molecule has 3 aliphatic carbocycles. The topological polar surface area (TPSA) is 88.1 Å². The third kappa shape index (κ3) is 10.5. The van der Waals surface area contributed by atoms with Gasteiger partial charge in [0.1, 0.15) is 0 Å². The Kier molecular flexibility index (Phi) is 17.2. The van der Waals surface area contributed by atoms with E-state index in [0.29, 0.717) is 36.2 Å². The number of hydrogen-bond donors (Lipinski definition) is 1. The van der Waals surface area contributed by atoms with Crippen LogP contribution in [-0.2, 0) is 50.1 Å². The maximum atomic E-state index is 12.4. The van der Waals surface area contributed by atoms with E-state index in [1.807, 2.05) is 96.7 Å². The molecule has 0 N–H and O–H groups in total. The molecule has 0 saturated heterocycles. The van der Waals surface area contributed by atoms with Crippen LogP contribution in [0.2, 0.25) is 0 Å². The van der Waals surface area contributed by atoms with E-state index in [-0.39, 0.29) is 17.9 Å². The maximum Gasteiger partial charge on any atom is 0.334 e. The van der Waals surface area contributed by atoms with E-state index in [1.165, 1.54) is 0 Å². The van der Waals surface area contributed by atoms with E-state index in [2.05, 4.69) is 99.3 Å². The van der Waals surface area contributed by atoms with Gasteiger partial charge in [0.15, 0.2) is 16.8 Å². The second kappa shape index (κ2) is 23.2. The molecule has 6 aromatic carbocycles. The fourth-order valence-corrected chi connectivity index (χ4v) is 10.7. The average Bonchev–Trinajstić information content (AvgIpc) is 3.93. The highest BCUT2D eigenvalue weighted by molar-refractivity contribution is 7.98. The van der Waals surface area contributed by atoms with Crippen molar-refractivity contribution in [2.45, 2.75) is 76.1 Å². The number of carbonyl (C=O) groups excluding carboxylic acids is 3. The molecule has 3 aliphatic rings. The molecule has 0 spiro atoms. The zero-order chi connectivity index (χ0) is 50.8. The molecule has 0 radical (unpaired) electrons. The summed E-state index contributed by atoms with van der Waals surface area (Å²) in [7, 11) is 1.68. The minimum Gasteiger partial charge on any atom is -0.446 e. The van der Waals surface area contributed by atoms with Crippen molar-refractivity contribution in [1.82, 2.24) is 0 Å². The largest absolute Gasteiger partial charge is 0.446 e. The van der Waals surface area contributed by atoms with Crippen LogP contribution >= 0.6 is 24.4 Å². The molecule has 9 heteroatoms. The molecular weight excluding hydrogens is 921 g/mol. The van der Waals surface area contributed by atoms with Crippen LogP contribution in [0.1, 0.15) is 92.7 Å². The second-order valence-electron chi connectivity index (χ2n) is 18.3. The molecule has 366 valence electrons. The Labute approximate surface area is 429 Å². The predicted molar refractivity (Wildman–Crippen MR) is 293 cm³/mol. The lowest BCUT2D eigenvalue weighted by Crippen LogP contribution is -2.32. The van der Waals surface area contributed by atoms with Crippen molar-refractivity contribution in [1.29, 1.82) is 0 Å². The van der Waals surface area contributed by atoms with Crippen LogP contribution in [0.5, 0.6) is 0 Å². The number of carbonyl (C=O) groups is 3. The number of rotatable bonds is 17. The second-order valence-corrected chi connectivity index (χ2v) is 19.7. The Morgan fingerprint density at radius 3 is 0.944 bits per heavy atom. The fourth-order valence-electron chi connectivity index (χ4n) is 10.1. The van der Waals surface area contributed by atoms with Crippen molar-refractivity contribution in [2.75, 3.05) is 31.5 Å². The molecule has 0 amide bonds. The first kappa shape index (κ1) is 52.4. The number of ether oxygens (including phenoxy) is 4. The van der Waals surface area contributed by atoms with Gasteiger partial charge in [-0.3, -0.25) is 0 Å². The van der Waals surface area contributed by atoms with Gasteiger partial charge in [0.2, 0.25) is 0 Å². The van der Waals surface area contributed by atoms with Gasteiger partial charge in [0.05, 0.1) is 0 Å². The first-order chi connectivity index (χ1) is 34.3. The maximum absolute atomic E-state index is 12.4. The molecule has 6 aromatic rings. The molecule has 0 fully saturated rings. The predicted octanol–water partition coefficient (Wildman–Crippen LogP) is 14.4. The summed E-state index contributed by atoms with van der Waals surface area (Å²) < 4.78 is 23.4. The van der Waals surface area contributed by atoms with E-state index in [9.17, 15) is 14.4 Å². The van der Waals surface area contributed by atoms with Gasteiger partial charge in [0, 0.05) is 63.8 Å². The summed E-state index contributed by atoms with van der Waals surface area (Å²) in [4.78, 5) is 37.2. The normalized spacial score (nSPS) is 13.9. The quantitative estimate of drug-likeness (QED) is 0.0318.